The third kappa shape index (κ3) is 55.0. The molecule has 0 heterocycles. The number of esters is 3. The van der Waals surface area contributed by atoms with Crippen LogP contribution in [0.5, 0.6) is 0 Å². The van der Waals surface area contributed by atoms with E-state index in [4.69, 9.17) is 14.2 Å². The highest BCUT2D eigenvalue weighted by molar-refractivity contribution is 5.71. The topological polar surface area (TPSA) is 78.9 Å². The minimum absolute atomic E-state index is 0.0652. The van der Waals surface area contributed by atoms with Crippen LogP contribution >= 0.6 is 0 Å². The molecular formula is C61H116O6. The molecule has 0 rings (SSSR count). The average molecular weight is 946 g/mol. The van der Waals surface area contributed by atoms with Crippen LogP contribution in [0.2, 0.25) is 0 Å². The van der Waals surface area contributed by atoms with E-state index in [1.165, 1.54) is 244 Å². The molecule has 0 aliphatic carbocycles. The molecule has 0 N–H and O–H groups in total. The van der Waals surface area contributed by atoms with E-state index in [9.17, 15) is 14.4 Å². The van der Waals surface area contributed by atoms with E-state index in [0.717, 1.165) is 57.8 Å². The molecule has 67 heavy (non-hydrogen) atoms. The maximum absolute atomic E-state index is 12.9. The summed E-state index contributed by atoms with van der Waals surface area (Å²) in [5.41, 5.74) is 0. The summed E-state index contributed by atoms with van der Waals surface area (Å²) >= 11 is 0. The van der Waals surface area contributed by atoms with Gasteiger partial charge >= 0.3 is 17.9 Å². The molecule has 0 aromatic heterocycles. The number of unbranched alkanes of at least 4 members (excludes halogenated alkanes) is 43. The molecule has 6 nitrogen and oxygen atoms in total. The third-order valence-corrected chi connectivity index (χ3v) is 13.8. The van der Waals surface area contributed by atoms with Crippen molar-refractivity contribution < 1.29 is 28.6 Å². The van der Waals surface area contributed by atoms with Crippen LogP contribution in [-0.2, 0) is 28.6 Å². The first-order valence-corrected chi connectivity index (χ1v) is 30.2. The first-order valence-electron chi connectivity index (χ1n) is 30.2. The molecule has 0 aliphatic heterocycles. The predicted octanol–water partition coefficient (Wildman–Crippen LogP) is 20.1. The Labute approximate surface area is 418 Å². The smallest absolute Gasteiger partial charge is 0.306 e. The zero-order valence-electron chi connectivity index (χ0n) is 45.5. The van der Waals surface area contributed by atoms with Gasteiger partial charge in [-0.3, -0.25) is 14.4 Å². The molecule has 0 spiro atoms. The van der Waals surface area contributed by atoms with E-state index in [-0.39, 0.29) is 31.1 Å². The predicted molar refractivity (Wildman–Crippen MR) is 289 cm³/mol. The van der Waals surface area contributed by atoms with Gasteiger partial charge in [0.1, 0.15) is 13.2 Å². The van der Waals surface area contributed by atoms with Crippen LogP contribution in [0.4, 0.5) is 0 Å². The average Bonchev–Trinajstić information content (AvgIpc) is 3.33. The minimum atomic E-state index is -0.766. The molecule has 0 aromatic carbocycles. The van der Waals surface area contributed by atoms with E-state index < -0.39 is 6.10 Å². The lowest BCUT2D eigenvalue weighted by Crippen LogP contribution is -2.30. The van der Waals surface area contributed by atoms with E-state index >= 15 is 0 Å². The summed E-state index contributed by atoms with van der Waals surface area (Å²) in [6.07, 6.45) is 64.9. The fraction of sp³-hybridized carbons (Fsp3) is 0.918. The third-order valence-electron chi connectivity index (χ3n) is 13.8. The molecular weight excluding hydrogens is 829 g/mol. The Morgan fingerprint density at radius 2 is 0.493 bits per heavy atom. The van der Waals surface area contributed by atoms with Gasteiger partial charge in [0.15, 0.2) is 6.10 Å². The van der Waals surface area contributed by atoms with E-state index in [2.05, 4.69) is 32.9 Å². The van der Waals surface area contributed by atoms with Crippen molar-refractivity contribution in [2.75, 3.05) is 13.2 Å². The molecule has 0 amide bonds. The second kappa shape index (κ2) is 56.7. The number of hydrogen-bond donors (Lipinski definition) is 0. The van der Waals surface area contributed by atoms with Crippen molar-refractivity contribution in [3.63, 3.8) is 0 Å². The Kier molecular flexibility index (Phi) is 55.2. The molecule has 6 heteroatoms. The van der Waals surface area contributed by atoms with Crippen molar-refractivity contribution in [2.24, 2.45) is 0 Å². The zero-order valence-corrected chi connectivity index (χ0v) is 45.5. The van der Waals surface area contributed by atoms with Gasteiger partial charge in [0.05, 0.1) is 0 Å². The molecule has 0 bridgehead atoms. The second-order valence-electron chi connectivity index (χ2n) is 20.6. The van der Waals surface area contributed by atoms with Gasteiger partial charge in [0.25, 0.3) is 0 Å². The standard InChI is InChI=1S/C61H116O6/c1-4-7-10-13-16-19-22-25-27-29-31-33-34-36-39-42-45-48-51-54-60(63)66-57-58(56-65-59(62)53-50-47-44-41-38-24-21-18-15-12-9-6-3)67-61(64)55-52-49-46-43-40-37-35-32-30-28-26-23-20-17-14-11-8-5-2/h29,31,58H,4-28,30,32-57H2,1-3H3/b31-29-. The Morgan fingerprint density at radius 1 is 0.284 bits per heavy atom. The first-order chi connectivity index (χ1) is 33.0. The molecule has 396 valence electrons. The highest BCUT2D eigenvalue weighted by atomic mass is 16.6. The second-order valence-corrected chi connectivity index (χ2v) is 20.6. The zero-order chi connectivity index (χ0) is 48.6. The van der Waals surface area contributed by atoms with E-state index in [1.54, 1.807) is 0 Å². The van der Waals surface area contributed by atoms with Crippen LogP contribution in [0.1, 0.15) is 342 Å². The number of carbonyl (C=O) groups excluding carboxylic acids is 3. The van der Waals surface area contributed by atoms with E-state index in [1.807, 2.05) is 0 Å². The van der Waals surface area contributed by atoms with Crippen LogP contribution in [0, 0.1) is 0 Å². The van der Waals surface area contributed by atoms with Crippen molar-refractivity contribution in [3.8, 4) is 0 Å². The van der Waals surface area contributed by atoms with Gasteiger partial charge in [-0.25, -0.2) is 0 Å². The largest absolute Gasteiger partial charge is 0.462 e. The fourth-order valence-electron chi connectivity index (χ4n) is 9.21. The molecule has 0 aliphatic rings. The highest BCUT2D eigenvalue weighted by Crippen LogP contribution is 2.17. The Morgan fingerprint density at radius 3 is 0.746 bits per heavy atom. The number of carbonyl (C=O) groups is 3. The number of rotatable bonds is 56. The summed E-state index contributed by atoms with van der Waals surface area (Å²) in [6.45, 7) is 6.70. The first kappa shape index (κ1) is 65.1. The number of ether oxygens (including phenoxy) is 3. The summed E-state index contributed by atoms with van der Waals surface area (Å²) in [4.78, 5) is 38.2. The molecule has 0 aromatic rings. The quantitative estimate of drug-likeness (QED) is 0.0262. The Hall–Kier alpha value is -1.85. The summed E-state index contributed by atoms with van der Waals surface area (Å²) in [6, 6.07) is 0. The lowest BCUT2D eigenvalue weighted by Gasteiger charge is -2.18. The summed E-state index contributed by atoms with van der Waals surface area (Å²) in [5.74, 6) is -0.844. The van der Waals surface area contributed by atoms with Crippen molar-refractivity contribution in [3.05, 3.63) is 12.2 Å². The van der Waals surface area contributed by atoms with Gasteiger partial charge in [0.2, 0.25) is 0 Å². The van der Waals surface area contributed by atoms with Crippen LogP contribution < -0.4 is 0 Å². The normalized spacial score (nSPS) is 12.0. The van der Waals surface area contributed by atoms with Gasteiger partial charge in [-0.1, -0.05) is 290 Å². The molecule has 0 fully saturated rings. The lowest BCUT2D eigenvalue weighted by atomic mass is 10.0. The Balaban J connectivity index is 4.28. The number of allylic oxidation sites excluding steroid dienone is 2. The maximum Gasteiger partial charge on any atom is 0.306 e. The fourth-order valence-corrected chi connectivity index (χ4v) is 9.21. The molecule has 0 saturated heterocycles. The lowest BCUT2D eigenvalue weighted by molar-refractivity contribution is -0.167. The van der Waals surface area contributed by atoms with Crippen molar-refractivity contribution in [2.45, 2.75) is 348 Å². The van der Waals surface area contributed by atoms with Crippen molar-refractivity contribution >= 4 is 17.9 Å². The van der Waals surface area contributed by atoms with Gasteiger partial charge in [-0.05, 0) is 44.9 Å². The number of hydrogen-bond acceptors (Lipinski definition) is 6. The maximum atomic E-state index is 12.9. The van der Waals surface area contributed by atoms with Gasteiger partial charge in [-0.2, -0.15) is 0 Å². The van der Waals surface area contributed by atoms with Crippen LogP contribution in [0.3, 0.4) is 0 Å². The minimum Gasteiger partial charge on any atom is -0.462 e. The summed E-state index contributed by atoms with van der Waals surface area (Å²) in [7, 11) is 0. The van der Waals surface area contributed by atoms with Crippen molar-refractivity contribution in [1.82, 2.24) is 0 Å². The van der Waals surface area contributed by atoms with Crippen molar-refractivity contribution in [1.29, 1.82) is 0 Å². The van der Waals surface area contributed by atoms with Gasteiger partial charge < -0.3 is 14.2 Å². The molecule has 0 saturated carbocycles. The van der Waals surface area contributed by atoms with Crippen LogP contribution in [0.15, 0.2) is 12.2 Å². The van der Waals surface area contributed by atoms with Gasteiger partial charge in [-0.15, -0.1) is 0 Å². The SMILES string of the molecule is CCCCCCCCCC/C=C\CCCCCCCCCC(=O)OCC(COC(=O)CCCCCCCCCCCCCC)OC(=O)CCCCCCCCCCCCCCCCCCCC. The molecule has 1 atom stereocenters. The van der Waals surface area contributed by atoms with Gasteiger partial charge in [0, 0.05) is 19.3 Å². The Bertz CT molecular complexity index is 1040. The van der Waals surface area contributed by atoms with E-state index in [0.29, 0.717) is 19.3 Å². The molecule has 0 radical (unpaired) electrons. The summed E-state index contributed by atoms with van der Waals surface area (Å²) in [5, 5.41) is 0. The monoisotopic (exact) mass is 945 g/mol. The summed E-state index contributed by atoms with van der Waals surface area (Å²) < 4.78 is 16.9. The van der Waals surface area contributed by atoms with Crippen LogP contribution in [-0.4, -0.2) is 37.2 Å². The molecule has 1 unspecified atom stereocenters. The highest BCUT2D eigenvalue weighted by Gasteiger charge is 2.19. The van der Waals surface area contributed by atoms with Crippen LogP contribution in [0.25, 0.3) is 0 Å².